The fraction of sp³-hybridized carbons (Fsp3) is 0.238. The van der Waals surface area contributed by atoms with E-state index in [2.05, 4.69) is 11.6 Å². The van der Waals surface area contributed by atoms with Gasteiger partial charge in [0.2, 0.25) is 0 Å². The highest BCUT2D eigenvalue weighted by Gasteiger charge is 2.30. The van der Waals surface area contributed by atoms with Crippen LogP contribution in [0.25, 0.3) is 10.9 Å². The summed E-state index contributed by atoms with van der Waals surface area (Å²) >= 11 is 0. The lowest BCUT2D eigenvalue weighted by atomic mass is 10.0. The van der Waals surface area contributed by atoms with Crippen LogP contribution in [-0.4, -0.2) is 11.0 Å². The van der Waals surface area contributed by atoms with E-state index in [4.69, 9.17) is 10.5 Å². The van der Waals surface area contributed by atoms with Crippen molar-refractivity contribution in [3.05, 3.63) is 83.3 Å². The second-order valence-corrected chi connectivity index (χ2v) is 6.63. The Balaban J connectivity index is 1.64. The predicted octanol–water partition coefficient (Wildman–Crippen LogP) is 5.10. The summed E-state index contributed by atoms with van der Waals surface area (Å²) in [6.45, 7) is 5.46. The van der Waals surface area contributed by atoms with E-state index >= 15 is 0 Å². The second-order valence-electron chi connectivity index (χ2n) is 6.63. The van der Waals surface area contributed by atoms with Crippen LogP contribution in [0.15, 0.2) is 61.0 Å². The topological polar surface area (TPSA) is 51.0 Å². The molecule has 0 aliphatic carbocycles. The summed E-state index contributed by atoms with van der Waals surface area (Å²) in [5, 5.41) is 1.08. The maximum atomic E-state index is 12.9. The Morgan fingerprint density at radius 1 is 1.22 bits per heavy atom. The number of ether oxygens (including phenoxy) is 1. The molecule has 1 aromatic heterocycles. The average Bonchev–Trinajstić information content (AvgIpc) is 3.01. The normalized spacial score (nSPS) is 12.9. The van der Waals surface area contributed by atoms with E-state index in [1.807, 2.05) is 30.5 Å². The van der Waals surface area contributed by atoms with E-state index in [0.717, 1.165) is 28.6 Å². The smallest absolute Gasteiger partial charge is 0.416 e. The molecule has 0 unspecified atom stereocenters. The molecule has 1 atom stereocenters. The highest BCUT2D eigenvalue weighted by Crippen LogP contribution is 2.31. The highest BCUT2D eigenvalue weighted by molar-refractivity contribution is 5.83. The van der Waals surface area contributed by atoms with Gasteiger partial charge in [-0.1, -0.05) is 36.4 Å². The zero-order chi connectivity index (χ0) is 19.6. The minimum Gasteiger partial charge on any atom is -0.492 e. The first-order valence-corrected chi connectivity index (χ1v) is 8.54. The van der Waals surface area contributed by atoms with Gasteiger partial charge >= 0.3 is 6.18 Å². The Hall–Kier alpha value is -2.73. The lowest BCUT2D eigenvalue weighted by Crippen LogP contribution is -2.26. The first-order valence-electron chi connectivity index (χ1n) is 8.54. The van der Waals surface area contributed by atoms with Crippen LogP contribution in [0.1, 0.15) is 22.3 Å². The van der Waals surface area contributed by atoms with Crippen LogP contribution < -0.4 is 5.73 Å². The van der Waals surface area contributed by atoms with Crippen molar-refractivity contribution in [3.63, 3.8) is 0 Å². The molecule has 2 aromatic carbocycles. The maximum Gasteiger partial charge on any atom is 0.416 e. The average molecular weight is 374 g/mol. The molecule has 0 radical (unpaired) electrons. The van der Waals surface area contributed by atoms with Crippen LogP contribution in [-0.2, 0) is 23.9 Å². The third kappa shape index (κ3) is 4.52. The lowest BCUT2D eigenvalue weighted by Gasteiger charge is -2.17. The number of benzene rings is 2. The van der Waals surface area contributed by atoms with Gasteiger partial charge in [-0.3, -0.25) is 0 Å². The first-order chi connectivity index (χ1) is 12.7. The van der Waals surface area contributed by atoms with Crippen molar-refractivity contribution in [2.75, 3.05) is 0 Å². The van der Waals surface area contributed by atoms with E-state index < -0.39 is 17.8 Å². The Labute approximate surface area is 155 Å². The van der Waals surface area contributed by atoms with Crippen molar-refractivity contribution in [1.82, 2.24) is 4.98 Å². The highest BCUT2D eigenvalue weighted by atomic mass is 19.4. The molecular weight excluding hydrogens is 353 g/mol. The Morgan fingerprint density at radius 2 is 1.96 bits per heavy atom. The summed E-state index contributed by atoms with van der Waals surface area (Å²) in [4.78, 5) is 3.18. The van der Waals surface area contributed by atoms with Gasteiger partial charge in [-0.05, 0) is 42.7 Å². The standard InChI is InChI=1S/C21H21F3N2O/c1-13-7-15(9-17(8-13)21(22,23)24)12-27-14(2)19(25)10-16-11-26-20-6-4-3-5-18(16)20/h3-9,11,19,26H,2,10,12,25H2,1H3/t19-/m0/s1. The van der Waals surface area contributed by atoms with Gasteiger partial charge in [0.05, 0.1) is 11.6 Å². The van der Waals surface area contributed by atoms with E-state index in [1.165, 1.54) is 0 Å². The number of aromatic nitrogens is 1. The molecule has 0 saturated carbocycles. The second kappa shape index (κ2) is 7.48. The minimum absolute atomic E-state index is 0.00875. The van der Waals surface area contributed by atoms with Gasteiger partial charge in [0.15, 0.2) is 0 Å². The van der Waals surface area contributed by atoms with Crippen LogP contribution >= 0.6 is 0 Å². The summed E-state index contributed by atoms with van der Waals surface area (Å²) in [6.07, 6.45) is -1.97. The van der Waals surface area contributed by atoms with Crippen molar-refractivity contribution < 1.29 is 17.9 Å². The molecule has 27 heavy (non-hydrogen) atoms. The van der Waals surface area contributed by atoms with Crippen LogP contribution in [0, 0.1) is 6.92 Å². The molecular formula is C21H21F3N2O. The van der Waals surface area contributed by atoms with Gasteiger partial charge in [0.1, 0.15) is 12.4 Å². The number of H-pyrrole nitrogens is 1. The number of rotatable bonds is 6. The van der Waals surface area contributed by atoms with Gasteiger partial charge in [-0.25, -0.2) is 0 Å². The Kier molecular flexibility index (Phi) is 5.28. The van der Waals surface area contributed by atoms with Gasteiger partial charge in [0, 0.05) is 17.1 Å². The summed E-state index contributed by atoms with van der Waals surface area (Å²) in [6, 6.07) is 11.3. The van der Waals surface area contributed by atoms with E-state index in [-0.39, 0.29) is 6.61 Å². The zero-order valence-corrected chi connectivity index (χ0v) is 14.9. The lowest BCUT2D eigenvalue weighted by molar-refractivity contribution is -0.137. The monoisotopic (exact) mass is 374 g/mol. The predicted molar refractivity (Wildman–Crippen MR) is 100 cm³/mol. The molecule has 0 saturated heterocycles. The first kappa shape index (κ1) is 19.0. The van der Waals surface area contributed by atoms with Crippen molar-refractivity contribution >= 4 is 10.9 Å². The van der Waals surface area contributed by atoms with Gasteiger partial charge < -0.3 is 15.5 Å². The Bertz CT molecular complexity index is 959. The van der Waals surface area contributed by atoms with Gasteiger partial charge in [-0.15, -0.1) is 0 Å². The fourth-order valence-electron chi connectivity index (χ4n) is 3.04. The third-order valence-corrected chi connectivity index (χ3v) is 4.42. The molecule has 3 aromatic rings. The minimum atomic E-state index is -4.39. The molecule has 3 N–H and O–H groups in total. The fourth-order valence-corrected chi connectivity index (χ4v) is 3.04. The summed E-state index contributed by atoms with van der Waals surface area (Å²) in [5.74, 6) is 0.343. The van der Waals surface area contributed by atoms with Gasteiger partial charge in [0.25, 0.3) is 0 Å². The van der Waals surface area contributed by atoms with E-state index in [0.29, 0.717) is 23.3 Å². The molecule has 0 amide bonds. The largest absolute Gasteiger partial charge is 0.492 e. The maximum absolute atomic E-state index is 12.9. The van der Waals surface area contributed by atoms with Crippen LogP contribution in [0.5, 0.6) is 0 Å². The van der Waals surface area contributed by atoms with Crippen molar-refractivity contribution in [2.24, 2.45) is 5.73 Å². The molecule has 1 heterocycles. The van der Waals surface area contributed by atoms with Crippen molar-refractivity contribution in [3.8, 4) is 0 Å². The number of nitrogens with two attached hydrogens (primary N) is 1. The van der Waals surface area contributed by atoms with Crippen LogP contribution in [0.3, 0.4) is 0 Å². The molecule has 3 nitrogen and oxygen atoms in total. The number of halogens is 3. The molecule has 142 valence electrons. The summed E-state index contributed by atoms with van der Waals surface area (Å²) in [5.41, 5.74) is 8.51. The molecule has 3 rings (SSSR count). The van der Waals surface area contributed by atoms with Crippen LogP contribution in [0.4, 0.5) is 13.2 Å². The number of aryl methyl sites for hydroxylation is 1. The number of hydrogen-bond donors (Lipinski definition) is 2. The summed E-state index contributed by atoms with van der Waals surface area (Å²) in [7, 11) is 0. The molecule has 0 aliphatic heterocycles. The van der Waals surface area contributed by atoms with Crippen molar-refractivity contribution in [2.45, 2.75) is 32.2 Å². The Morgan fingerprint density at radius 3 is 2.70 bits per heavy atom. The van der Waals surface area contributed by atoms with E-state index in [1.54, 1.807) is 13.0 Å². The van der Waals surface area contributed by atoms with Crippen LogP contribution in [0.2, 0.25) is 0 Å². The molecule has 0 spiro atoms. The number of alkyl halides is 3. The molecule has 0 bridgehead atoms. The molecule has 0 fully saturated rings. The van der Waals surface area contributed by atoms with E-state index in [9.17, 15) is 13.2 Å². The third-order valence-electron chi connectivity index (χ3n) is 4.42. The molecule has 6 heteroatoms. The van der Waals surface area contributed by atoms with Gasteiger partial charge in [-0.2, -0.15) is 13.2 Å². The number of para-hydroxylation sites is 1. The SMILES string of the molecule is C=C(OCc1cc(C)cc(C(F)(F)F)c1)[C@@H](N)Cc1c[nH]c2ccccc12. The number of hydrogen-bond acceptors (Lipinski definition) is 2. The number of fused-ring (bicyclic) bond motifs is 1. The summed E-state index contributed by atoms with van der Waals surface area (Å²) < 4.78 is 44.4. The number of nitrogens with one attached hydrogen (secondary N) is 1. The molecule has 0 aliphatic rings. The zero-order valence-electron chi connectivity index (χ0n) is 14.9. The quantitative estimate of drug-likeness (QED) is 0.590. The van der Waals surface area contributed by atoms with Crippen molar-refractivity contribution in [1.29, 1.82) is 0 Å². The number of aromatic amines is 1.